The van der Waals surface area contributed by atoms with Crippen molar-refractivity contribution < 1.29 is 9.47 Å². The first kappa shape index (κ1) is 28.9. The molecular formula is C37H50N2O2. The number of rotatable bonds is 14. The summed E-state index contributed by atoms with van der Waals surface area (Å²) in [4.78, 5) is 0. The summed E-state index contributed by atoms with van der Waals surface area (Å²) < 4.78 is 12.6. The van der Waals surface area contributed by atoms with E-state index in [0.29, 0.717) is 23.9 Å². The smallest absolute Gasteiger partial charge is 0.0717 e. The minimum absolute atomic E-state index is 0.570. The molecule has 0 saturated heterocycles. The zero-order valence-electron chi connectivity index (χ0n) is 24.7. The van der Waals surface area contributed by atoms with Crippen LogP contribution in [0.25, 0.3) is 0 Å². The van der Waals surface area contributed by atoms with E-state index in [2.05, 4.69) is 95.6 Å². The van der Waals surface area contributed by atoms with Gasteiger partial charge in [0.2, 0.25) is 0 Å². The third-order valence-electron chi connectivity index (χ3n) is 10.5. The minimum Gasteiger partial charge on any atom is -0.376 e. The predicted octanol–water partition coefficient (Wildman–Crippen LogP) is 6.93. The molecule has 2 aromatic carbocycles. The molecule has 4 aliphatic carbocycles. The summed E-state index contributed by atoms with van der Waals surface area (Å²) in [5.74, 6) is 4.37. The topological polar surface area (TPSA) is 42.5 Å². The molecule has 4 heteroatoms. The number of ether oxygens (including phenoxy) is 2. The van der Waals surface area contributed by atoms with Crippen LogP contribution in [0.5, 0.6) is 0 Å². The van der Waals surface area contributed by atoms with E-state index in [1.165, 1.54) is 56.1 Å². The highest BCUT2D eigenvalue weighted by atomic mass is 16.5. The lowest BCUT2D eigenvalue weighted by atomic mass is 9.81. The van der Waals surface area contributed by atoms with Crippen LogP contribution in [0.2, 0.25) is 0 Å². The SMILES string of the molecule is C1=CC[C@@H]2[C@@H](C1)C[C@@H](NCCCNC1C[C@@H]3CC=CC[C@H]3[C@@H]1COCc1ccccc1)[C@H]2COCc1ccccc1. The minimum atomic E-state index is 0.570. The van der Waals surface area contributed by atoms with E-state index >= 15 is 0 Å². The van der Waals surface area contributed by atoms with Crippen molar-refractivity contribution in [3.63, 3.8) is 0 Å². The average molecular weight is 555 g/mol. The van der Waals surface area contributed by atoms with E-state index in [9.17, 15) is 0 Å². The molecule has 0 bridgehead atoms. The third-order valence-corrected chi connectivity index (χ3v) is 10.5. The Labute approximate surface area is 248 Å². The lowest BCUT2D eigenvalue weighted by molar-refractivity contribution is 0.0598. The molecule has 4 nitrogen and oxygen atoms in total. The summed E-state index contributed by atoms with van der Waals surface area (Å²) in [6.07, 6.45) is 18.3. The van der Waals surface area contributed by atoms with Gasteiger partial charge in [-0.05, 0) is 92.8 Å². The van der Waals surface area contributed by atoms with Gasteiger partial charge >= 0.3 is 0 Å². The fraction of sp³-hybridized carbons (Fsp3) is 0.568. The molecule has 2 N–H and O–H groups in total. The van der Waals surface area contributed by atoms with Crippen LogP contribution in [0, 0.1) is 35.5 Å². The molecule has 1 unspecified atom stereocenters. The van der Waals surface area contributed by atoms with Crippen molar-refractivity contribution in [3.8, 4) is 0 Å². The summed E-state index contributed by atoms with van der Waals surface area (Å²) in [5, 5.41) is 7.99. The summed E-state index contributed by atoms with van der Waals surface area (Å²) in [6.45, 7) is 5.32. The molecule has 6 rings (SSSR count). The Morgan fingerprint density at radius 3 is 1.46 bits per heavy atom. The second-order valence-corrected chi connectivity index (χ2v) is 13.0. The van der Waals surface area contributed by atoms with Gasteiger partial charge in [0.05, 0.1) is 26.4 Å². The van der Waals surface area contributed by atoms with Crippen LogP contribution in [0.1, 0.15) is 56.1 Å². The Morgan fingerprint density at radius 2 is 1.00 bits per heavy atom. The molecule has 0 aromatic heterocycles. The highest BCUT2D eigenvalue weighted by molar-refractivity contribution is 5.14. The van der Waals surface area contributed by atoms with Gasteiger partial charge in [0.1, 0.15) is 0 Å². The maximum atomic E-state index is 6.30. The van der Waals surface area contributed by atoms with Crippen molar-refractivity contribution in [2.75, 3.05) is 26.3 Å². The van der Waals surface area contributed by atoms with Crippen LogP contribution in [-0.2, 0) is 22.7 Å². The maximum Gasteiger partial charge on any atom is 0.0717 e. The fourth-order valence-corrected chi connectivity index (χ4v) is 8.36. The first-order valence-corrected chi connectivity index (χ1v) is 16.3. The first-order valence-electron chi connectivity index (χ1n) is 16.3. The molecule has 8 atom stereocenters. The van der Waals surface area contributed by atoms with Gasteiger partial charge in [-0.15, -0.1) is 0 Å². The van der Waals surface area contributed by atoms with Gasteiger partial charge in [0.15, 0.2) is 0 Å². The van der Waals surface area contributed by atoms with Crippen LogP contribution >= 0.6 is 0 Å². The second-order valence-electron chi connectivity index (χ2n) is 13.0. The van der Waals surface area contributed by atoms with Gasteiger partial charge in [0.25, 0.3) is 0 Å². The normalized spacial score (nSPS) is 32.2. The summed E-state index contributed by atoms with van der Waals surface area (Å²) in [6, 6.07) is 22.4. The zero-order chi connectivity index (χ0) is 27.7. The number of fused-ring (bicyclic) bond motifs is 2. The van der Waals surface area contributed by atoms with Crippen molar-refractivity contribution in [2.45, 2.75) is 70.2 Å². The quantitative estimate of drug-likeness (QED) is 0.196. The predicted molar refractivity (Wildman–Crippen MR) is 167 cm³/mol. The van der Waals surface area contributed by atoms with Crippen LogP contribution in [0.3, 0.4) is 0 Å². The molecule has 0 amide bonds. The number of hydrogen-bond acceptors (Lipinski definition) is 4. The molecule has 220 valence electrons. The Kier molecular flexibility index (Phi) is 10.4. The van der Waals surface area contributed by atoms with E-state index in [0.717, 1.165) is 63.2 Å². The van der Waals surface area contributed by atoms with Crippen LogP contribution in [0.15, 0.2) is 85.0 Å². The molecular weight excluding hydrogens is 504 g/mol. The van der Waals surface area contributed by atoms with Gasteiger partial charge in [0, 0.05) is 23.9 Å². The third kappa shape index (κ3) is 7.59. The highest BCUT2D eigenvalue weighted by Crippen LogP contribution is 2.45. The van der Waals surface area contributed by atoms with Crippen molar-refractivity contribution >= 4 is 0 Å². The largest absolute Gasteiger partial charge is 0.376 e. The highest BCUT2D eigenvalue weighted by Gasteiger charge is 2.44. The molecule has 0 heterocycles. The summed E-state index contributed by atoms with van der Waals surface area (Å²) in [5.41, 5.74) is 2.54. The monoisotopic (exact) mass is 554 g/mol. The molecule has 2 saturated carbocycles. The standard InChI is InChI=1S/C37H50N2O2/c1-3-12-28(13-4-1)24-40-26-34-32-18-9-7-16-30(32)22-36(34)38-20-11-21-39-37-23-31-17-8-10-19-33(31)35(37)27-41-25-29-14-5-2-6-15-29/h1-10,12-15,30-39H,11,16-27H2/t30-,31-,32+,33+,34-,35-,36+,37?/m0/s1. The number of nitrogens with one attached hydrogen (secondary N) is 2. The lowest BCUT2D eigenvalue weighted by Crippen LogP contribution is -2.40. The van der Waals surface area contributed by atoms with Crippen LogP contribution in [-0.4, -0.2) is 38.4 Å². The van der Waals surface area contributed by atoms with Gasteiger partial charge in [-0.2, -0.15) is 0 Å². The van der Waals surface area contributed by atoms with Gasteiger partial charge in [-0.3, -0.25) is 0 Å². The summed E-state index contributed by atoms with van der Waals surface area (Å²) in [7, 11) is 0. The van der Waals surface area contributed by atoms with Crippen molar-refractivity contribution in [3.05, 3.63) is 96.1 Å². The van der Waals surface area contributed by atoms with E-state index in [-0.39, 0.29) is 0 Å². The molecule has 4 aliphatic rings. The van der Waals surface area contributed by atoms with Crippen LogP contribution < -0.4 is 10.6 Å². The zero-order valence-corrected chi connectivity index (χ0v) is 24.7. The van der Waals surface area contributed by atoms with Gasteiger partial charge in [-0.25, -0.2) is 0 Å². The summed E-state index contributed by atoms with van der Waals surface area (Å²) >= 11 is 0. The molecule has 2 fully saturated rings. The lowest BCUT2D eigenvalue weighted by Gasteiger charge is -2.28. The molecule has 0 spiro atoms. The van der Waals surface area contributed by atoms with Crippen LogP contribution in [0.4, 0.5) is 0 Å². The van der Waals surface area contributed by atoms with Gasteiger partial charge in [-0.1, -0.05) is 85.0 Å². The molecule has 2 aromatic rings. The second kappa shape index (κ2) is 14.8. The number of allylic oxidation sites excluding steroid dienone is 4. The van der Waals surface area contributed by atoms with E-state index in [1.54, 1.807) is 0 Å². The first-order chi connectivity index (χ1) is 20.3. The Bertz CT molecular complexity index is 1010. The molecule has 41 heavy (non-hydrogen) atoms. The number of benzene rings is 2. The average Bonchev–Trinajstić information content (AvgIpc) is 3.55. The van der Waals surface area contributed by atoms with E-state index < -0.39 is 0 Å². The Morgan fingerprint density at radius 1 is 0.561 bits per heavy atom. The Hall–Kier alpha value is -2.24. The Balaban J connectivity index is 0.957. The van der Waals surface area contributed by atoms with Gasteiger partial charge < -0.3 is 20.1 Å². The molecule has 0 radical (unpaired) electrons. The maximum absolute atomic E-state index is 6.30. The number of hydrogen-bond donors (Lipinski definition) is 2. The van der Waals surface area contributed by atoms with E-state index in [1.807, 2.05) is 0 Å². The van der Waals surface area contributed by atoms with E-state index in [4.69, 9.17) is 9.47 Å². The van der Waals surface area contributed by atoms with Crippen molar-refractivity contribution in [1.82, 2.24) is 10.6 Å². The van der Waals surface area contributed by atoms with Crippen molar-refractivity contribution in [2.24, 2.45) is 35.5 Å². The van der Waals surface area contributed by atoms with Crippen molar-refractivity contribution in [1.29, 1.82) is 0 Å². The molecule has 0 aliphatic heterocycles. The fourth-order valence-electron chi connectivity index (χ4n) is 8.36.